The normalized spacial score (nSPS) is 21.2. The van der Waals surface area contributed by atoms with E-state index in [4.69, 9.17) is 4.74 Å². The first kappa shape index (κ1) is 15.1. The van der Waals surface area contributed by atoms with Crippen molar-refractivity contribution in [1.82, 2.24) is 10.6 Å². The SMILES string of the molecule is CC(NC(=O)C1NC(=O)OC1c1ccccc1)c1ccccc1. The number of ether oxygens (including phenoxy) is 1. The molecule has 23 heavy (non-hydrogen) atoms. The Balaban J connectivity index is 1.74. The summed E-state index contributed by atoms with van der Waals surface area (Å²) in [6.07, 6.45) is -1.20. The molecular weight excluding hydrogens is 292 g/mol. The fourth-order valence-corrected chi connectivity index (χ4v) is 2.65. The zero-order valence-electron chi connectivity index (χ0n) is 12.7. The summed E-state index contributed by atoms with van der Waals surface area (Å²) in [5.74, 6) is -0.263. The van der Waals surface area contributed by atoms with Crippen molar-refractivity contribution in [2.24, 2.45) is 0 Å². The number of hydrogen-bond acceptors (Lipinski definition) is 3. The average Bonchev–Trinajstić information content (AvgIpc) is 2.98. The molecule has 1 saturated heterocycles. The molecule has 3 unspecified atom stereocenters. The molecule has 3 atom stereocenters. The van der Waals surface area contributed by atoms with Gasteiger partial charge in [-0.3, -0.25) is 4.79 Å². The van der Waals surface area contributed by atoms with Gasteiger partial charge in [-0.1, -0.05) is 60.7 Å². The van der Waals surface area contributed by atoms with Gasteiger partial charge < -0.3 is 15.4 Å². The Hall–Kier alpha value is -2.82. The molecule has 1 aliphatic heterocycles. The standard InChI is InChI=1S/C18H18N2O3/c1-12(13-8-4-2-5-9-13)19-17(21)15-16(23-18(22)20-15)14-10-6-3-7-11-14/h2-12,15-16H,1H3,(H,19,21)(H,20,22). The Morgan fingerprint density at radius 2 is 1.70 bits per heavy atom. The second-order valence-electron chi connectivity index (χ2n) is 5.50. The van der Waals surface area contributed by atoms with Crippen molar-refractivity contribution in [2.75, 3.05) is 0 Å². The van der Waals surface area contributed by atoms with Crippen LogP contribution < -0.4 is 10.6 Å². The second-order valence-corrected chi connectivity index (χ2v) is 5.50. The molecule has 0 aromatic heterocycles. The fraction of sp³-hybridized carbons (Fsp3) is 0.222. The average molecular weight is 310 g/mol. The summed E-state index contributed by atoms with van der Waals surface area (Å²) in [5, 5.41) is 5.51. The molecule has 1 heterocycles. The number of alkyl carbamates (subject to hydrolysis) is 1. The lowest BCUT2D eigenvalue weighted by Crippen LogP contribution is -2.44. The largest absolute Gasteiger partial charge is 0.439 e. The van der Waals surface area contributed by atoms with Crippen LogP contribution in [-0.4, -0.2) is 18.0 Å². The Labute approximate surface area is 134 Å². The summed E-state index contributed by atoms with van der Waals surface area (Å²) in [7, 11) is 0. The van der Waals surface area contributed by atoms with Crippen LogP contribution in [-0.2, 0) is 9.53 Å². The van der Waals surface area contributed by atoms with Crippen LogP contribution in [0, 0.1) is 0 Å². The Morgan fingerprint density at radius 3 is 2.35 bits per heavy atom. The highest BCUT2D eigenvalue weighted by molar-refractivity contribution is 5.89. The molecule has 0 aliphatic carbocycles. The lowest BCUT2D eigenvalue weighted by molar-refractivity contribution is -0.124. The highest BCUT2D eigenvalue weighted by Crippen LogP contribution is 2.26. The van der Waals surface area contributed by atoms with E-state index in [1.165, 1.54) is 0 Å². The monoisotopic (exact) mass is 310 g/mol. The fourth-order valence-electron chi connectivity index (χ4n) is 2.65. The highest BCUT2D eigenvalue weighted by Gasteiger charge is 2.40. The summed E-state index contributed by atoms with van der Waals surface area (Å²) < 4.78 is 5.26. The molecule has 0 radical (unpaired) electrons. The number of nitrogens with one attached hydrogen (secondary N) is 2. The first-order valence-corrected chi connectivity index (χ1v) is 7.52. The van der Waals surface area contributed by atoms with Gasteiger partial charge in [0, 0.05) is 0 Å². The van der Waals surface area contributed by atoms with E-state index >= 15 is 0 Å². The Morgan fingerprint density at radius 1 is 1.09 bits per heavy atom. The predicted octanol–water partition coefficient (Wildman–Crippen LogP) is 2.71. The van der Waals surface area contributed by atoms with Crippen molar-refractivity contribution in [1.29, 1.82) is 0 Å². The maximum atomic E-state index is 12.6. The number of cyclic esters (lactones) is 1. The number of carbonyl (C=O) groups is 2. The molecule has 118 valence electrons. The molecule has 2 aromatic carbocycles. The van der Waals surface area contributed by atoms with E-state index < -0.39 is 18.2 Å². The van der Waals surface area contributed by atoms with Gasteiger partial charge in [-0.05, 0) is 18.1 Å². The summed E-state index contributed by atoms with van der Waals surface area (Å²) in [5.41, 5.74) is 1.79. The van der Waals surface area contributed by atoms with Crippen LogP contribution in [0.3, 0.4) is 0 Å². The Kier molecular flexibility index (Phi) is 4.28. The van der Waals surface area contributed by atoms with Crippen molar-refractivity contribution in [3.8, 4) is 0 Å². The van der Waals surface area contributed by atoms with Gasteiger partial charge in [0.25, 0.3) is 0 Å². The van der Waals surface area contributed by atoms with E-state index in [1.54, 1.807) is 0 Å². The quantitative estimate of drug-likeness (QED) is 0.912. The van der Waals surface area contributed by atoms with Crippen LogP contribution >= 0.6 is 0 Å². The third kappa shape index (κ3) is 3.34. The summed E-state index contributed by atoms with van der Waals surface area (Å²) in [6, 6.07) is 18.0. The van der Waals surface area contributed by atoms with Gasteiger partial charge in [-0.2, -0.15) is 0 Å². The van der Waals surface area contributed by atoms with Crippen LogP contribution in [0.2, 0.25) is 0 Å². The van der Waals surface area contributed by atoms with E-state index in [0.29, 0.717) is 0 Å². The number of carbonyl (C=O) groups excluding carboxylic acids is 2. The molecular formula is C18H18N2O3. The topological polar surface area (TPSA) is 67.4 Å². The summed E-state index contributed by atoms with van der Waals surface area (Å²) in [6.45, 7) is 1.91. The van der Waals surface area contributed by atoms with E-state index in [1.807, 2.05) is 67.6 Å². The summed E-state index contributed by atoms with van der Waals surface area (Å²) >= 11 is 0. The molecule has 1 aliphatic rings. The van der Waals surface area contributed by atoms with Gasteiger partial charge >= 0.3 is 6.09 Å². The van der Waals surface area contributed by atoms with Gasteiger partial charge in [0.2, 0.25) is 5.91 Å². The molecule has 1 fully saturated rings. The van der Waals surface area contributed by atoms with Crippen molar-refractivity contribution < 1.29 is 14.3 Å². The van der Waals surface area contributed by atoms with Crippen molar-refractivity contribution >= 4 is 12.0 Å². The van der Waals surface area contributed by atoms with E-state index in [-0.39, 0.29) is 11.9 Å². The smallest absolute Gasteiger partial charge is 0.408 e. The second kappa shape index (κ2) is 6.52. The molecule has 2 amide bonds. The van der Waals surface area contributed by atoms with Crippen LogP contribution in [0.1, 0.15) is 30.2 Å². The van der Waals surface area contributed by atoms with Crippen LogP contribution in [0.25, 0.3) is 0 Å². The zero-order chi connectivity index (χ0) is 16.2. The minimum Gasteiger partial charge on any atom is -0.439 e. The van der Waals surface area contributed by atoms with E-state index in [2.05, 4.69) is 10.6 Å². The minimum absolute atomic E-state index is 0.155. The molecule has 3 rings (SSSR count). The number of hydrogen-bond donors (Lipinski definition) is 2. The third-order valence-corrected chi connectivity index (χ3v) is 3.88. The van der Waals surface area contributed by atoms with Gasteiger partial charge in [0.15, 0.2) is 12.1 Å². The lowest BCUT2D eigenvalue weighted by atomic mass is 10.0. The molecule has 2 N–H and O–H groups in total. The molecule has 2 aromatic rings. The maximum absolute atomic E-state index is 12.6. The van der Waals surface area contributed by atoms with Crippen LogP contribution in [0.4, 0.5) is 4.79 Å². The molecule has 5 heteroatoms. The Bertz CT molecular complexity index is 688. The summed E-state index contributed by atoms with van der Waals surface area (Å²) in [4.78, 5) is 24.1. The van der Waals surface area contributed by atoms with Gasteiger partial charge in [-0.15, -0.1) is 0 Å². The number of benzene rings is 2. The van der Waals surface area contributed by atoms with Crippen molar-refractivity contribution in [3.63, 3.8) is 0 Å². The first-order valence-electron chi connectivity index (χ1n) is 7.52. The first-order chi connectivity index (χ1) is 11.1. The van der Waals surface area contributed by atoms with Gasteiger partial charge in [0.1, 0.15) is 0 Å². The maximum Gasteiger partial charge on any atom is 0.408 e. The van der Waals surface area contributed by atoms with Gasteiger partial charge in [0.05, 0.1) is 6.04 Å². The minimum atomic E-state index is -0.740. The predicted molar refractivity (Wildman–Crippen MR) is 85.6 cm³/mol. The lowest BCUT2D eigenvalue weighted by Gasteiger charge is -2.20. The molecule has 0 saturated carbocycles. The zero-order valence-corrected chi connectivity index (χ0v) is 12.7. The van der Waals surface area contributed by atoms with E-state index in [9.17, 15) is 9.59 Å². The van der Waals surface area contributed by atoms with E-state index in [0.717, 1.165) is 11.1 Å². The molecule has 0 spiro atoms. The third-order valence-electron chi connectivity index (χ3n) is 3.88. The van der Waals surface area contributed by atoms with Crippen molar-refractivity contribution in [2.45, 2.75) is 25.1 Å². The highest BCUT2D eigenvalue weighted by atomic mass is 16.6. The number of rotatable bonds is 4. The van der Waals surface area contributed by atoms with Crippen LogP contribution in [0.5, 0.6) is 0 Å². The van der Waals surface area contributed by atoms with Gasteiger partial charge in [-0.25, -0.2) is 4.79 Å². The molecule has 0 bridgehead atoms. The molecule has 5 nitrogen and oxygen atoms in total. The van der Waals surface area contributed by atoms with Crippen molar-refractivity contribution in [3.05, 3.63) is 71.8 Å². The van der Waals surface area contributed by atoms with Crippen LogP contribution in [0.15, 0.2) is 60.7 Å². The number of amides is 2.